The molecule has 146 valence electrons. The number of benzene rings is 2. The van der Waals surface area contributed by atoms with Crippen LogP contribution in [0.3, 0.4) is 0 Å². The molecule has 0 aliphatic rings. The summed E-state index contributed by atoms with van der Waals surface area (Å²) in [5.41, 5.74) is 2.05. The minimum atomic E-state index is -0.687. The number of nitrogens with one attached hydrogen (secondary N) is 1. The van der Waals surface area contributed by atoms with Crippen LogP contribution in [0.2, 0.25) is 0 Å². The number of carbonyl (C=O) groups is 1. The van der Waals surface area contributed by atoms with Gasteiger partial charge in [0.05, 0.1) is 18.3 Å². The summed E-state index contributed by atoms with van der Waals surface area (Å²) in [5, 5.41) is 7.23. The minimum Gasteiger partial charge on any atom is -0.342 e. The molecule has 2 heterocycles. The van der Waals surface area contributed by atoms with Gasteiger partial charge in [-0.1, -0.05) is 36.4 Å². The highest BCUT2D eigenvalue weighted by atomic mass is 19.1. The van der Waals surface area contributed by atoms with Crippen LogP contribution in [-0.4, -0.2) is 25.2 Å². The third kappa shape index (κ3) is 4.08. The first-order valence-electron chi connectivity index (χ1n) is 9.22. The van der Waals surface area contributed by atoms with E-state index in [1.807, 2.05) is 43.6 Å². The molecule has 0 saturated heterocycles. The van der Waals surface area contributed by atoms with Gasteiger partial charge in [-0.05, 0) is 23.8 Å². The molecule has 0 spiro atoms. The van der Waals surface area contributed by atoms with Crippen molar-refractivity contribution >= 4 is 5.91 Å². The summed E-state index contributed by atoms with van der Waals surface area (Å²) in [6.45, 7) is 0. The standard InChI is InChI=1S/C22H20FN5O/c1-27-12-11-24-22(27)21(18-9-5-6-10-19(18)23)26-20(29)13-16-14-25-28(15-16)17-7-3-2-4-8-17/h2-12,14-15,21H,13H2,1H3,(H,26,29)/t21-/m1/s1. The van der Waals surface area contributed by atoms with Crippen molar-refractivity contribution in [2.24, 2.45) is 7.05 Å². The zero-order valence-corrected chi connectivity index (χ0v) is 15.9. The Balaban J connectivity index is 1.54. The van der Waals surface area contributed by atoms with Crippen LogP contribution in [0.25, 0.3) is 5.69 Å². The average molecular weight is 389 g/mol. The maximum absolute atomic E-state index is 14.4. The van der Waals surface area contributed by atoms with E-state index in [0.717, 1.165) is 11.3 Å². The van der Waals surface area contributed by atoms with Gasteiger partial charge in [-0.25, -0.2) is 14.1 Å². The van der Waals surface area contributed by atoms with Crippen molar-refractivity contribution in [3.63, 3.8) is 0 Å². The van der Waals surface area contributed by atoms with Crippen molar-refractivity contribution in [3.8, 4) is 5.69 Å². The molecular weight excluding hydrogens is 369 g/mol. The molecule has 0 aliphatic heterocycles. The normalized spacial score (nSPS) is 11.9. The maximum Gasteiger partial charge on any atom is 0.225 e. The first-order chi connectivity index (χ1) is 14.1. The quantitative estimate of drug-likeness (QED) is 0.551. The van der Waals surface area contributed by atoms with Gasteiger partial charge in [0.1, 0.15) is 17.7 Å². The largest absolute Gasteiger partial charge is 0.342 e. The number of rotatable bonds is 6. The summed E-state index contributed by atoms with van der Waals surface area (Å²) >= 11 is 0. The number of nitrogens with zero attached hydrogens (tertiary/aromatic N) is 4. The van der Waals surface area contributed by atoms with Crippen molar-refractivity contribution in [1.82, 2.24) is 24.6 Å². The Morgan fingerprint density at radius 1 is 1.14 bits per heavy atom. The second-order valence-corrected chi connectivity index (χ2v) is 6.72. The van der Waals surface area contributed by atoms with Crippen LogP contribution < -0.4 is 5.32 Å². The van der Waals surface area contributed by atoms with E-state index in [2.05, 4.69) is 15.4 Å². The topological polar surface area (TPSA) is 64.7 Å². The second kappa shape index (κ2) is 8.10. The van der Waals surface area contributed by atoms with E-state index in [1.165, 1.54) is 6.07 Å². The van der Waals surface area contributed by atoms with Crippen LogP contribution in [0.5, 0.6) is 0 Å². The predicted molar refractivity (Wildman–Crippen MR) is 107 cm³/mol. The number of imidazole rings is 1. The molecule has 0 fully saturated rings. The Hall–Kier alpha value is -3.74. The average Bonchev–Trinajstić information content (AvgIpc) is 3.36. The molecule has 0 bridgehead atoms. The Morgan fingerprint density at radius 3 is 2.62 bits per heavy atom. The Labute approximate surface area is 167 Å². The smallest absolute Gasteiger partial charge is 0.225 e. The molecule has 0 radical (unpaired) electrons. The third-order valence-electron chi connectivity index (χ3n) is 4.66. The lowest BCUT2D eigenvalue weighted by atomic mass is 10.0. The van der Waals surface area contributed by atoms with Crippen molar-refractivity contribution in [2.75, 3.05) is 0 Å². The molecule has 0 aliphatic carbocycles. The SMILES string of the molecule is Cn1ccnc1[C@H](NC(=O)Cc1cnn(-c2ccccc2)c1)c1ccccc1F. The van der Waals surface area contributed by atoms with E-state index in [-0.39, 0.29) is 12.3 Å². The lowest BCUT2D eigenvalue weighted by Gasteiger charge is -2.19. The summed E-state index contributed by atoms with van der Waals surface area (Å²) in [7, 11) is 1.81. The van der Waals surface area contributed by atoms with Crippen LogP contribution >= 0.6 is 0 Å². The highest BCUT2D eigenvalue weighted by Crippen LogP contribution is 2.23. The van der Waals surface area contributed by atoms with Crippen LogP contribution in [-0.2, 0) is 18.3 Å². The van der Waals surface area contributed by atoms with Crippen molar-refractivity contribution in [2.45, 2.75) is 12.5 Å². The Morgan fingerprint density at radius 2 is 1.90 bits per heavy atom. The first-order valence-corrected chi connectivity index (χ1v) is 9.22. The molecular formula is C22H20FN5O. The number of aryl methyl sites for hydroxylation is 1. The van der Waals surface area contributed by atoms with E-state index in [9.17, 15) is 9.18 Å². The van der Waals surface area contributed by atoms with E-state index < -0.39 is 11.9 Å². The van der Waals surface area contributed by atoms with Gasteiger partial charge >= 0.3 is 0 Å². The van der Waals surface area contributed by atoms with Gasteiger partial charge in [-0.2, -0.15) is 5.10 Å². The molecule has 2 aromatic carbocycles. The lowest BCUT2D eigenvalue weighted by molar-refractivity contribution is -0.121. The van der Waals surface area contributed by atoms with Gasteiger partial charge in [-0.3, -0.25) is 4.79 Å². The summed E-state index contributed by atoms with van der Waals surface area (Å²) < 4.78 is 17.9. The van der Waals surface area contributed by atoms with Gasteiger partial charge in [0.2, 0.25) is 5.91 Å². The molecule has 1 amide bonds. The van der Waals surface area contributed by atoms with E-state index in [1.54, 1.807) is 46.0 Å². The van der Waals surface area contributed by atoms with Gasteiger partial charge in [-0.15, -0.1) is 0 Å². The molecule has 7 heteroatoms. The zero-order chi connectivity index (χ0) is 20.2. The van der Waals surface area contributed by atoms with E-state index >= 15 is 0 Å². The zero-order valence-electron chi connectivity index (χ0n) is 15.9. The number of para-hydroxylation sites is 1. The van der Waals surface area contributed by atoms with Crippen LogP contribution in [0.15, 0.2) is 79.4 Å². The number of aromatic nitrogens is 4. The van der Waals surface area contributed by atoms with Crippen molar-refractivity contribution < 1.29 is 9.18 Å². The maximum atomic E-state index is 14.4. The first kappa shape index (κ1) is 18.6. The Kier molecular flexibility index (Phi) is 5.20. The number of hydrogen-bond donors (Lipinski definition) is 1. The summed E-state index contributed by atoms with van der Waals surface area (Å²) in [5.74, 6) is -0.0741. The van der Waals surface area contributed by atoms with Crippen LogP contribution in [0.1, 0.15) is 23.0 Å². The Bertz CT molecular complexity index is 1120. The van der Waals surface area contributed by atoms with E-state index in [0.29, 0.717) is 11.4 Å². The summed E-state index contributed by atoms with van der Waals surface area (Å²) in [6, 6.07) is 15.4. The van der Waals surface area contributed by atoms with Gasteiger partial charge in [0.15, 0.2) is 0 Å². The fourth-order valence-electron chi connectivity index (χ4n) is 3.22. The molecule has 2 aromatic heterocycles. The molecule has 0 saturated carbocycles. The molecule has 0 unspecified atom stereocenters. The van der Waals surface area contributed by atoms with Crippen molar-refractivity contribution in [3.05, 3.63) is 102 Å². The van der Waals surface area contributed by atoms with Crippen LogP contribution in [0.4, 0.5) is 4.39 Å². The monoisotopic (exact) mass is 389 g/mol. The number of amides is 1. The molecule has 4 aromatic rings. The highest BCUT2D eigenvalue weighted by Gasteiger charge is 2.23. The molecule has 29 heavy (non-hydrogen) atoms. The number of carbonyl (C=O) groups excluding carboxylic acids is 1. The fourth-order valence-corrected chi connectivity index (χ4v) is 3.22. The van der Waals surface area contributed by atoms with Gasteiger partial charge < -0.3 is 9.88 Å². The molecule has 1 atom stereocenters. The minimum absolute atomic E-state index is 0.127. The molecule has 1 N–H and O–H groups in total. The van der Waals surface area contributed by atoms with Gasteiger partial charge in [0, 0.05) is 31.2 Å². The highest BCUT2D eigenvalue weighted by molar-refractivity contribution is 5.79. The lowest BCUT2D eigenvalue weighted by Crippen LogP contribution is -2.32. The summed E-state index contributed by atoms with van der Waals surface area (Å²) in [6.07, 6.45) is 6.99. The summed E-state index contributed by atoms with van der Waals surface area (Å²) in [4.78, 5) is 17.1. The predicted octanol–water partition coefficient (Wildman–Crippen LogP) is 3.19. The van der Waals surface area contributed by atoms with E-state index in [4.69, 9.17) is 0 Å². The van der Waals surface area contributed by atoms with Crippen LogP contribution in [0, 0.1) is 5.82 Å². The number of halogens is 1. The molecule has 4 rings (SSSR count). The van der Waals surface area contributed by atoms with Gasteiger partial charge in [0.25, 0.3) is 0 Å². The van der Waals surface area contributed by atoms with Crippen molar-refractivity contribution in [1.29, 1.82) is 0 Å². The fraction of sp³-hybridized carbons (Fsp3) is 0.136. The number of hydrogen-bond acceptors (Lipinski definition) is 3. The second-order valence-electron chi connectivity index (χ2n) is 6.72. The third-order valence-corrected chi connectivity index (χ3v) is 4.66. The molecule has 6 nitrogen and oxygen atoms in total.